The first kappa shape index (κ1) is 15.7. The molecule has 0 spiro atoms. The molecule has 2 heterocycles. The lowest BCUT2D eigenvalue weighted by atomic mass is 10.1. The zero-order chi connectivity index (χ0) is 16.6. The number of carbonyl (C=O) groups excluding carboxylic acids is 1. The highest BCUT2D eigenvalue weighted by atomic mass is 32.3. The minimum atomic E-state index is -4.59. The lowest BCUT2D eigenvalue weighted by Crippen LogP contribution is -2.25. The number of halogens is 1. The number of rotatable bonds is 4. The van der Waals surface area contributed by atoms with Gasteiger partial charge in [0.05, 0.1) is 11.4 Å². The van der Waals surface area contributed by atoms with Gasteiger partial charge in [-0.15, -0.1) is 3.89 Å². The van der Waals surface area contributed by atoms with E-state index in [9.17, 15) is 17.1 Å². The number of hydrogen-bond donors (Lipinski definition) is 1. The highest BCUT2D eigenvalue weighted by Crippen LogP contribution is 2.28. The molecule has 1 aliphatic rings. The van der Waals surface area contributed by atoms with Crippen molar-refractivity contribution in [2.24, 2.45) is 5.92 Å². The van der Waals surface area contributed by atoms with Crippen LogP contribution in [0.5, 0.6) is 0 Å². The number of nitrogens with one attached hydrogen (secondary N) is 1. The normalized spacial score (nSPS) is 18.6. The van der Waals surface area contributed by atoms with E-state index in [0.29, 0.717) is 5.82 Å². The smallest absolute Gasteiger partial charge is 0.295 e. The van der Waals surface area contributed by atoms with Crippen molar-refractivity contribution >= 4 is 21.9 Å². The molecule has 1 aliphatic heterocycles. The highest BCUT2D eigenvalue weighted by molar-refractivity contribution is 7.86. The maximum Gasteiger partial charge on any atom is 0.302 e. The van der Waals surface area contributed by atoms with Gasteiger partial charge in [-0.05, 0) is 12.5 Å². The molecule has 2 aromatic rings. The molecule has 1 saturated heterocycles. The number of carbonyl (C=O) groups is 1. The summed E-state index contributed by atoms with van der Waals surface area (Å²) in [5.74, 6) is -1.01. The summed E-state index contributed by atoms with van der Waals surface area (Å²) in [6, 6.07) is 9.56. The fraction of sp³-hybridized carbons (Fsp3) is 0.333. The first-order valence-electron chi connectivity index (χ1n) is 7.17. The van der Waals surface area contributed by atoms with Crippen molar-refractivity contribution < 1.29 is 17.1 Å². The van der Waals surface area contributed by atoms with Crippen molar-refractivity contribution in [3.63, 3.8) is 0 Å². The minimum absolute atomic E-state index is 0.00980. The van der Waals surface area contributed by atoms with Gasteiger partial charge in [-0.3, -0.25) is 14.8 Å². The average molecular weight is 337 g/mol. The molecule has 0 radical (unpaired) electrons. The number of aryl methyl sites for hydroxylation is 1. The third-order valence-corrected chi connectivity index (χ3v) is 4.71. The third kappa shape index (κ3) is 3.58. The van der Waals surface area contributed by atoms with Gasteiger partial charge in [-0.1, -0.05) is 29.8 Å². The van der Waals surface area contributed by atoms with Crippen molar-refractivity contribution in [3.8, 4) is 11.3 Å². The number of benzene rings is 1. The number of nitrogens with zero attached hydrogens (tertiary/aromatic N) is 2. The van der Waals surface area contributed by atoms with Crippen LogP contribution in [0, 0.1) is 12.8 Å². The van der Waals surface area contributed by atoms with Crippen LogP contribution in [0.3, 0.4) is 0 Å². The van der Waals surface area contributed by atoms with E-state index in [4.69, 9.17) is 0 Å². The molecule has 0 bridgehead atoms. The molecule has 1 aromatic heterocycles. The minimum Gasteiger partial charge on any atom is -0.295 e. The molecule has 122 valence electrons. The van der Waals surface area contributed by atoms with Gasteiger partial charge in [-0.25, -0.2) is 0 Å². The van der Waals surface area contributed by atoms with Crippen LogP contribution in [0.25, 0.3) is 11.3 Å². The lowest BCUT2D eigenvalue weighted by Gasteiger charge is -2.12. The summed E-state index contributed by atoms with van der Waals surface area (Å²) in [6.07, 6.45) is 0.00980. The number of H-pyrrole nitrogens is 1. The van der Waals surface area contributed by atoms with E-state index in [-0.39, 0.29) is 18.9 Å². The number of anilines is 1. The molecule has 0 saturated carbocycles. The van der Waals surface area contributed by atoms with Crippen molar-refractivity contribution in [2.45, 2.75) is 13.3 Å². The van der Waals surface area contributed by atoms with E-state index in [1.165, 1.54) is 4.90 Å². The number of hydrogen-bond acceptors (Lipinski definition) is 4. The van der Waals surface area contributed by atoms with Crippen LogP contribution in [0.4, 0.5) is 9.70 Å². The van der Waals surface area contributed by atoms with Crippen LogP contribution in [0.2, 0.25) is 0 Å². The Morgan fingerprint density at radius 3 is 2.70 bits per heavy atom. The number of aromatic amines is 1. The summed E-state index contributed by atoms with van der Waals surface area (Å²) in [4.78, 5) is 13.4. The second-order valence-electron chi connectivity index (χ2n) is 5.79. The Balaban J connectivity index is 1.78. The van der Waals surface area contributed by atoms with Gasteiger partial charge in [0, 0.05) is 24.9 Å². The molecule has 3 rings (SSSR count). The number of aromatic nitrogens is 2. The Kier molecular flexibility index (Phi) is 3.93. The van der Waals surface area contributed by atoms with E-state index in [0.717, 1.165) is 16.8 Å². The van der Waals surface area contributed by atoms with Gasteiger partial charge in [0.2, 0.25) is 5.91 Å². The van der Waals surface area contributed by atoms with E-state index in [2.05, 4.69) is 10.2 Å². The topological polar surface area (TPSA) is 83.1 Å². The van der Waals surface area contributed by atoms with Gasteiger partial charge >= 0.3 is 10.2 Å². The fourth-order valence-electron chi connectivity index (χ4n) is 2.73. The van der Waals surface area contributed by atoms with E-state index < -0.39 is 21.9 Å². The predicted octanol–water partition coefficient (Wildman–Crippen LogP) is 2.04. The summed E-state index contributed by atoms with van der Waals surface area (Å²) in [7, 11) is -4.59. The summed E-state index contributed by atoms with van der Waals surface area (Å²) in [6.45, 7) is 2.14. The van der Waals surface area contributed by atoms with Crippen LogP contribution in [-0.2, 0) is 15.0 Å². The molecule has 1 fully saturated rings. The first-order valence-corrected chi connectivity index (χ1v) is 8.72. The molecule has 6 nitrogen and oxygen atoms in total. The summed E-state index contributed by atoms with van der Waals surface area (Å²) in [5.41, 5.74) is 2.83. The molecule has 1 N–H and O–H groups in total. The zero-order valence-corrected chi connectivity index (χ0v) is 13.3. The summed E-state index contributed by atoms with van der Waals surface area (Å²) >= 11 is 0. The second kappa shape index (κ2) is 5.77. The third-order valence-electron chi connectivity index (χ3n) is 3.84. The summed E-state index contributed by atoms with van der Waals surface area (Å²) in [5, 5.41) is 6.98. The molecule has 8 heteroatoms. The Hall–Kier alpha value is -2.22. The maximum absolute atomic E-state index is 12.8. The predicted molar refractivity (Wildman–Crippen MR) is 84.1 cm³/mol. The molecular formula is C15H16FN3O3S. The van der Waals surface area contributed by atoms with Crippen molar-refractivity contribution in [3.05, 3.63) is 35.9 Å². The molecule has 1 amide bonds. The van der Waals surface area contributed by atoms with Crippen LogP contribution >= 0.6 is 0 Å². The van der Waals surface area contributed by atoms with E-state index in [1.54, 1.807) is 6.07 Å². The summed E-state index contributed by atoms with van der Waals surface area (Å²) < 4.78 is 34.2. The Morgan fingerprint density at radius 2 is 2.04 bits per heavy atom. The van der Waals surface area contributed by atoms with Gasteiger partial charge < -0.3 is 0 Å². The van der Waals surface area contributed by atoms with Crippen molar-refractivity contribution in [2.75, 3.05) is 17.2 Å². The van der Waals surface area contributed by atoms with E-state index >= 15 is 0 Å². The quantitative estimate of drug-likeness (QED) is 0.866. The highest BCUT2D eigenvalue weighted by Gasteiger charge is 2.34. The molecule has 1 aromatic carbocycles. The standard InChI is InChI=1S/C15H16FN3O3S/c1-10-2-4-12(5-3-10)13-7-14(18-17-13)19-8-11(6-15(19)20)9-23(16,21)22/h2-5,7,11H,6,8-9H2,1H3,(H,17,18). The average Bonchev–Trinajstić information content (AvgIpc) is 3.04. The van der Waals surface area contributed by atoms with Crippen LogP contribution < -0.4 is 4.90 Å². The molecular weight excluding hydrogens is 321 g/mol. The molecule has 0 aliphatic carbocycles. The van der Waals surface area contributed by atoms with Crippen molar-refractivity contribution in [1.82, 2.24) is 10.2 Å². The first-order chi connectivity index (χ1) is 10.8. The lowest BCUT2D eigenvalue weighted by molar-refractivity contribution is -0.117. The Bertz CT molecular complexity index is 830. The molecule has 1 unspecified atom stereocenters. The van der Waals surface area contributed by atoms with Gasteiger partial charge in [-0.2, -0.15) is 13.5 Å². The SMILES string of the molecule is Cc1ccc(-c2cc(N3CC(CS(=O)(=O)F)CC3=O)n[nH]2)cc1. The van der Waals surface area contributed by atoms with E-state index in [1.807, 2.05) is 31.2 Å². The van der Waals surface area contributed by atoms with Crippen molar-refractivity contribution in [1.29, 1.82) is 0 Å². The molecule has 1 atom stereocenters. The Morgan fingerprint density at radius 1 is 1.35 bits per heavy atom. The second-order valence-corrected chi connectivity index (χ2v) is 7.20. The maximum atomic E-state index is 12.8. The van der Waals surface area contributed by atoms with Crippen LogP contribution in [0.1, 0.15) is 12.0 Å². The van der Waals surface area contributed by atoms with Crippen LogP contribution in [0.15, 0.2) is 30.3 Å². The monoisotopic (exact) mass is 337 g/mol. The Labute approximate surface area is 133 Å². The number of amides is 1. The molecule has 23 heavy (non-hydrogen) atoms. The van der Waals surface area contributed by atoms with Gasteiger partial charge in [0.15, 0.2) is 5.82 Å². The largest absolute Gasteiger partial charge is 0.302 e. The van der Waals surface area contributed by atoms with Gasteiger partial charge in [0.1, 0.15) is 0 Å². The fourth-order valence-corrected chi connectivity index (χ4v) is 3.51. The zero-order valence-electron chi connectivity index (χ0n) is 12.5. The van der Waals surface area contributed by atoms with Crippen LogP contribution in [-0.4, -0.2) is 36.8 Å². The van der Waals surface area contributed by atoms with Gasteiger partial charge in [0.25, 0.3) is 0 Å².